The minimum Gasteiger partial charge on any atom is -0.497 e. The molecule has 0 saturated carbocycles. The van der Waals surface area contributed by atoms with Crippen molar-refractivity contribution in [1.29, 1.82) is 0 Å². The Morgan fingerprint density at radius 3 is 2.45 bits per heavy atom. The van der Waals surface area contributed by atoms with Crippen LogP contribution in [-0.2, 0) is 6.42 Å². The van der Waals surface area contributed by atoms with E-state index in [1.807, 2.05) is 6.07 Å². The number of hydrogen-bond donors (Lipinski definition) is 1. The highest BCUT2D eigenvalue weighted by Gasteiger charge is 2.14. The van der Waals surface area contributed by atoms with Crippen LogP contribution in [0.15, 0.2) is 22.7 Å². The first-order chi connectivity index (χ1) is 9.42. The van der Waals surface area contributed by atoms with E-state index in [0.29, 0.717) is 12.0 Å². The molecule has 0 spiro atoms. The molecular weight excluding hydrogens is 314 g/mol. The zero-order valence-corrected chi connectivity index (χ0v) is 15.0. The van der Waals surface area contributed by atoms with E-state index in [1.54, 1.807) is 7.11 Å². The highest BCUT2D eigenvalue weighted by atomic mass is 79.9. The van der Waals surface area contributed by atoms with E-state index in [4.69, 9.17) is 4.74 Å². The number of rotatable bonds is 8. The van der Waals surface area contributed by atoms with Crippen molar-refractivity contribution >= 4 is 15.9 Å². The summed E-state index contributed by atoms with van der Waals surface area (Å²) >= 11 is 3.66. The van der Waals surface area contributed by atoms with E-state index in [0.717, 1.165) is 24.6 Å². The van der Waals surface area contributed by atoms with E-state index in [2.05, 4.69) is 61.1 Å². The lowest BCUT2D eigenvalue weighted by atomic mass is 9.90. The first kappa shape index (κ1) is 17.5. The van der Waals surface area contributed by atoms with Gasteiger partial charge in [-0.15, -0.1) is 0 Å². The van der Waals surface area contributed by atoms with Crippen LogP contribution >= 0.6 is 15.9 Å². The molecule has 3 heteroatoms. The maximum Gasteiger partial charge on any atom is 0.119 e. The highest BCUT2D eigenvalue weighted by molar-refractivity contribution is 9.10. The van der Waals surface area contributed by atoms with Crippen molar-refractivity contribution in [2.45, 2.75) is 46.6 Å². The van der Waals surface area contributed by atoms with Crippen molar-refractivity contribution < 1.29 is 4.74 Å². The smallest absolute Gasteiger partial charge is 0.119 e. The zero-order valence-electron chi connectivity index (χ0n) is 13.4. The van der Waals surface area contributed by atoms with Crippen LogP contribution in [0.1, 0.15) is 39.7 Å². The lowest BCUT2D eigenvalue weighted by Crippen LogP contribution is -2.30. The van der Waals surface area contributed by atoms with Gasteiger partial charge in [0.05, 0.1) is 7.11 Å². The van der Waals surface area contributed by atoms with Gasteiger partial charge in [-0.1, -0.05) is 43.6 Å². The Morgan fingerprint density at radius 2 is 1.90 bits per heavy atom. The molecule has 0 aliphatic heterocycles. The molecule has 0 aliphatic carbocycles. The lowest BCUT2D eigenvalue weighted by Gasteiger charge is -2.22. The van der Waals surface area contributed by atoms with Crippen LogP contribution in [0.3, 0.4) is 0 Å². The SMILES string of the molecule is COc1ccc(Br)c(CC(CNC(C)C)CC(C)C)c1. The summed E-state index contributed by atoms with van der Waals surface area (Å²) in [4.78, 5) is 0. The van der Waals surface area contributed by atoms with Crippen molar-refractivity contribution in [1.82, 2.24) is 5.32 Å². The molecule has 0 aliphatic rings. The summed E-state index contributed by atoms with van der Waals surface area (Å²) in [7, 11) is 1.72. The van der Waals surface area contributed by atoms with Gasteiger partial charge in [0.2, 0.25) is 0 Å². The second-order valence-corrected chi connectivity index (χ2v) is 7.07. The lowest BCUT2D eigenvalue weighted by molar-refractivity contribution is 0.371. The molecule has 0 radical (unpaired) electrons. The van der Waals surface area contributed by atoms with Crippen molar-refractivity contribution in [2.75, 3.05) is 13.7 Å². The van der Waals surface area contributed by atoms with Gasteiger partial charge in [-0.2, -0.15) is 0 Å². The molecule has 0 amide bonds. The molecule has 0 fully saturated rings. The molecule has 1 atom stereocenters. The van der Waals surface area contributed by atoms with Crippen LogP contribution in [0.5, 0.6) is 5.75 Å². The van der Waals surface area contributed by atoms with Crippen molar-refractivity contribution in [3.63, 3.8) is 0 Å². The predicted octanol–water partition coefficient (Wildman–Crippen LogP) is 4.66. The predicted molar refractivity (Wildman–Crippen MR) is 90.5 cm³/mol. The van der Waals surface area contributed by atoms with Gasteiger partial charge in [-0.3, -0.25) is 0 Å². The summed E-state index contributed by atoms with van der Waals surface area (Å²) in [6.45, 7) is 10.1. The Morgan fingerprint density at radius 1 is 1.20 bits per heavy atom. The first-order valence-electron chi connectivity index (χ1n) is 7.48. The maximum absolute atomic E-state index is 5.33. The third kappa shape index (κ3) is 6.27. The molecule has 1 aromatic rings. The largest absolute Gasteiger partial charge is 0.497 e. The minimum atomic E-state index is 0.540. The van der Waals surface area contributed by atoms with Crippen molar-refractivity contribution in [3.8, 4) is 5.75 Å². The Hall–Kier alpha value is -0.540. The van der Waals surface area contributed by atoms with E-state index in [1.165, 1.54) is 16.5 Å². The molecular formula is C17H28BrNO. The van der Waals surface area contributed by atoms with Crippen LogP contribution in [0.25, 0.3) is 0 Å². The molecule has 1 unspecified atom stereocenters. The van der Waals surface area contributed by atoms with E-state index >= 15 is 0 Å². The Kier molecular flexibility index (Phi) is 7.60. The number of hydrogen-bond acceptors (Lipinski definition) is 2. The van der Waals surface area contributed by atoms with Crippen LogP contribution in [-0.4, -0.2) is 19.7 Å². The maximum atomic E-state index is 5.33. The van der Waals surface area contributed by atoms with E-state index < -0.39 is 0 Å². The zero-order chi connectivity index (χ0) is 15.1. The average Bonchev–Trinajstić information content (AvgIpc) is 2.37. The number of methoxy groups -OCH3 is 1. The van der Waals surface area contributed by atoms with Gasteiger partial charge in [0.1, 0.15) is 5.75 Å². The first-order valence-corrected chi connectivity index (χ1v) is 8.27. The fraction of sp³-hybridized carbons (Fsp3) is 0.647. The second-order valence-electron chi connectivity index (χ2n) is 6.22. The molecule has 0 bridgehead atoms. The molecule has 2 nitrogen and oxygen atoms in total. The molecule has 20 heavy (non-hydrogen) atoms. The standard InChI is InChI=1S/C17H28BrNO/c1-12(2)8-14(11-19-13(3)4)9-15-10-16(20-5)6-7-17(15)18/h6-7,10,12-14,19H,8-9,11H2,1-5H3. The third-order valence-electron chi connectivity index (χ3n) is 3.38. The monoisotopic (exact) mass is 341 g/mol. The highest BCUT2D eigenvalue weighted by Crippen LogP contribution is 2.26. The minimum absolute atomic E-state index is 0.540. The molecule has 0 heterocycles. The Labute approximate surface area is 132 Å². The van der Waals surface area contributed by atoms with Gasteiger partial charge in [0, 0.05) is 10.5 Å². The second kappa shape index (κ2) is 8.68. The number of nitrogens with one attached hydrogen (secondary N) is 1. The quantitative estimate of drug-likeness (QED) is 0.742. The molecule has 0 saturated heterocycles. The Balaban J connectivity index is 2.76. The summed E-state index contributed by atoms with van der Waals surface area (Å²) in [5.41, 5.74) is 1.33. The Bertz CT molecular complexity index is 404. The number of halogens is 1. The van der Waals surface area contributed by atoms with Crippen LogP contribution in [0.2, 0.25) is 0 Å². The third-order valence-corrected chi connectivity index (χ3v) is 4.15. The fourth-order valence-electron chi connectivity index (χ4n) is 2.45. The molecule has 1 rings (SSSR count). The fourth-order valence-corrected chi connectivity index (χ4v) is 2.86. The topological polar surface area (TPSA) is 21.3 Å². The van der Waals surface area contributed by atoms with Crippen LogP contribution in [0.4, 0.5) is 0 Å². The van der Waals surface area contributed by atoms with Crippen LogP contribution in [0, 0.1) is 11.8 Å². The summed E-state index contributed by atoms with van der Waals surface area (Å²) in [6.07, 6.45) is 2.32. The summed E-state index contributed by atoms with van der Waals surface area (Å²) < 4.78 is 6.51. The number of benzene rings is 1. The number of ether oxygens (including phenoxy) is 1. The average molecular weight is 342 g/mol. The summed E-state index contributed by atoms with van der Waals surface area (Å²) in [5, 5.41) is 3.57. The molecule has 1 aromatic carbocycles. The van der Waals surface area contributed by atoms with Crippen LogP contribution < -0.4 is 10.1 Å². The van der Waals surface area contributed by atoms with Gasteiger partial charge in [0.15, 0.2) is 0 Å². The molecule has 1 N–H and O–H groups in total. The molecule has 114 valence electrons. The van der Waals surface area contributed by atoms with E-state index in [9.17, 15) is 0 Å². The molecule has 0 aromatic heterocycles. The van der Waals surface area contributed by atoms with Gasteiger partial charge in [-0.05, 0) is 55.0 Å². The van der Waals surface area contributed by atoms with Gasteiger partial charge < -0.3 is 10.1 Å². The van der Waals surface area contributed by atoms with Gasteiger partial charge >= 0.3 is 0 Å². The van der Waals surface area contributed by atoms with Crippen molar-refractivity contribution in [2.24, 2.45) is 11.8 Å². The normalized spacial score (nSPS) is 13.0. The van der Waals surface area contributed by atoms with E-state index in [-0.39, 0.29) is 0 Å². The van der Waals surface area contributed by atoms with Gasteiger partial charge in [0.25, 0.3) is 0 Å². The van der Waals surface area contributed by atoms with Crippen molar-refractivity contribution in [3.05, 3.63) is 28.2 Å². The van der Waals surface area contributed by atoms with Gasteiger partial charge in [-0.25, -0.2) is 0 Å². The summed E-state index contributed by atoms with van der Waals surface area (Å²) in [6, 6.07) is 6.76. The summed E-state index contributed by atoms with van der Waals surface area (Å²) in [5.74, 6) is 2.31.